The lowest BCUT2D eigenvalue weighted by Gasteiger charge is -2.26. The molecule has 1 amide bonds. The molecule has 17 heavy (non-hydrogen) atoms. The van der Waals surface area contributed by atoms with E-state index >= 15 is 0 Å². The number of anilines is 2. The number of nitrogen functional groups attached to an aromatic ring is 1. The Kier molecular flexibility index (Phi) is 2.86. The Morgan fingerprint density at radius 1 is 1.24 bits per heavy atom. The van der Waals surface area contributed by atoms with Gasteiger partial charge >= 0.3 is 0 Å². The molecule has 0 aliphatic carbocycles. The number of amides is 1. The Morgan fingerprint density at radius 3 is 2.41 bits per heavy atom. The second-order valence-electron chi connectivity index (χ2n) is 5.18. The van der Waals surface area contributed by atoms with Gasteiger partial charge in [-0.15, -0.1) is 0 Å². The molecule has 1 heterocycles. The zero-order valence-corrected chi connectivity index (χ0v) is 10.9. The van der Waals surface area contributed by atoms with E-state index in [4.69, 9.17) is 5.73 Å². The van der Waals surface area contributed by atoms with E-state index in [9.17, 15) is 4.79 Å². The van der Waals surface area contributed by atoms with E-state index in [1.807, 2.05) is 30.9 Å². The third kappa shape index (κ3) is 1.90. The third-order valence-corrected chi connectivity index (χ3v) is 3.84. The van der Waals surface area contributed by atoms with Crippen molar-refractivity contribution in [2.24, 2.45) is 5.92 Å². The molecule has 3 nitrogen and oxygen atoms in total. The lowest BCUT2D eigenvalue weighted by molar-refractivity contribution is -0.117. The number of benzene rings is 1. The first kappa shape index (κ1) is 12.0. The quantitative estimate of drug-likeness (QED) is 0.757. The van der Waals surface area contributed by atoms with Crippen molar-refractivity contribution >= 4 is 17.3 Å². The van der Waals surface area contributed by atoms with Crippen LogP contribution in [0.3, 0.4) is 0 Å². The minimum absolute atomic E-state index is 0.205. The average Bonchev–Trinajstić information content (AvgIpc) is 2.48. The van der Waals surface area contributed by atoms with Crippen molar-refractivity contribution in [2.75, 3.05) is 10.6 Å². The fourth-order valence-electron chi connectivity index (χ4n) is 2.50. The van der Waals surface area contributed by atoms with Crippen LogP contribution >= 0.6 is 0 Å². The molecule has 0 spiro atoms. The fraction of sp³-hybridized carbons (Fsp3) is 0.500. The molecule has 0 bridgehead atoms. The van der Waals surface area contributed by atoms with Gasteiger partial charge in [0.2, 0.25) is 5.91 Å². The van der Waals surface area contributed by atoms with Gasteiger partial charge in [0.15, 0.2) is 0 Å². The summed E-state index contributed by atoms with van der Waals surface area (Å²) in [7, 11) is 0. The molecule has 0 radical (unpaired) electrons. The Balaban J connectivity index is 2.47. The van der Waals surface area contributed by atoms with Gasteiger partial charge in [0.1, 0.15) is 0 Å². The monoisotopic (exact) mass is 232 g/mol. The van der Waals surface area contributed by atoms with Crippen LogP contribution in [0.2, 0.25) is 0 Å². The fourth-order valence-corrected chi connectivity index (χ4v) is 2.50. The molecule has 1 aliphatic rings. The molecule has 3 heteroatoms. The first-order valence-electron chi connectivity index (χ1n) is 6.10. The minimum atomic E-state index is 0.205. The maximum absolute atomic E-state index is 12.0. The van der Waals surface area contributed by atoms with E-state index in [0.29, 0.717) is 12.3 Å². The zero-order chi connectivity index (χ0) is 12.7. The summed E-state index contributed by atoms with van der Waals surface area (Å²) >= 11 is 0. The Hall–Kier alpha value is -1.51. The molecule has 2 unspecified atom stereocenters. The van der Waals surface area contributed by atoms with Gasteiger partial charge in [-0.25, -0.2) is 0 Å². The van der Waals surface area contributed by atoms with E-state index in [2.05, 4.69) is 13.8 Å². The van der Waals surface area contributed by atoms with E-state index in [0.717, 1.165) is 22.5 Å². The molecule has 1 aliphatic heterocycles. The molecule has 2 rings (SSSR count). The number of rotatable bonds is 1. The van der Waals surface area contributed by atoms with Crippen LogP contribution in [0.25, 0.3) is 0 Å². The topological polar surface area (TPSA) is 46.3 Å². The Morgan fingerprint density at radius 2 is 1.88 bits per heavy atom. The van der Waals surface area contributed by atoms with Crippen LogP contribution in [0.4, 0.5) is 11.4 Å². The summed E-state index contributed by atoms with van der Waals surface area (Å²) in [6.45, 7) is 8.25. The first-order chi connectivity index (χ1) is 7.91. The molecule has 1 aromatic rings. The smallest absolute Gasteiger partial charge is 0.227 e. The van der Waals surface area contributed by atoms with Gasteiger partial charge in [0.05, 0.1) is 0 Å². The molecule has 2 N–H and O–H groups in total. The van der Waals surface area contributed by atoms with Gasteiger partial charge < -0.3 is 10.6 Å². The maximum atomic E-state index is 12.0. The van der Waals surface area contributed by atoms with Crippen molar-refractivity contribution in [3.63, 3.8) is 0 Å². The van der Waals surface area contributed by atoms with Crippen LogP contribution in [0.15, 0.2) is 12.1 Å². The van der Waals surface area contributed by atoms with Gasteiger partial charge in [-0.1, -0.05) is 13.0 Å². The maximum Gasteiger partial charge on any atom is 0.227 e. The highest BCUT2D eigenvalue weighted by molar-refractivity contribution is 5.97. The molecule has 1 aromatic carbocycles. The summed E-state index contributed by atoms with van der Waals surface area (Å²) < 4.78 is 0. The summed E-state index contributed by atoms with van der Waals surface area (Å²) in [6, 6.07) is 4.23. The van der Waals surface area contributed by atoms with E-state index in [1.165, 1.54) is 0 Å². The normalized spacial score (nSPS) is 24.5. The standard InChI is InChI=1S/C14H20N2O/c1-8-6-14(17)16(11(8)4)13-7-12(15)9(2)5-10(13)3/h5,7-8,11H,6,15H2,1-4H3. The minimum Gasteiger partial charge on any atom is -0.398 e. The van der Waals surface area contributed by atoms with Crippen LogP contribution in [0.1, 0.15) is 31.4 Å². The number of nitrogens with zero attached hydrogens (tertiary/aromatic N) is 1. The first-order valence-corrected chi connectivity index (χ1v) is 6.10. The lowest BCUT2D eigenvalue weighted by atomic mass is 10.0. The predicted octanol–water partition coefficient (Wildman–Crippen LogP) is 2.65. The Labute approximate surface area is 103 Å². The van der Waals surface area contributed by atoms with Crippen molar-refractivity contribution < 1.29 is 4.79 Å². The van der Waals surface area contributed by atoms with Gasteiger partial charge in [0.25, 0.3) is 0 Å². The van der Waals surface area contributed by atoms with Crippen LogP contribution < -0.4 is 10.6 Å². The number of carbonyl (C=O) groups excluding carboxylic acids is 1. The van der Waals surface area contributed by atoms with E-state index in [1.54, 1.807) is 0 Å². The molecule has 1 saturated heterocycles. The van der Waals surface area contributed by atoms with E-state index < -0.39 is 0 Å². The van der Waals surface area contributed by atoms with Gasteiger partial charge in [0, 0.05) is 23.8 Å². The van der Waals surface area contributed by atoms with Gasteiger partial charge in [-0.2, -0.15) is 0 Å². The highest BCUT2D eigenvalue weighted by atomic mass is 16.2. The van der Waals surface area contributed by atoms with Crippen molar-refractivity contribution in [1.82, 2.24) is 0 Å². The number of hydrogen-bond acceptors (Lipinski definition) is 2. The summed E-state index contributed by atoms with van der Waals surface area (Å²) in [5.41, 5.74) is 9.85. The predicted molar refractivity (Wildman–Crippen MR) is 71.1 cm³/mol. The average molecular weight is 232 g/mol. The SMILES string of the molecule is Cc1cc(C)c(N2C(=O)CC(C)C2C)cc1N. The summed E-state index contributed by atoms with van der Waals surface area (Å²) in [4.78, 5) is 13.9. The molecule has 2 atom stereocenters. The second-order valence-corrected chi connectivity index (χ2v) is 5.18. The van der Waals surface area contributed by atoms with Crippen molar-refractivity contribution in [2.45, 2.75) is 40.2 Å². The number of hydrogen-bond donors (Lipinski definition) is 1. The Bertz CT molecular complexity index is 468. The summed E-state index contributed by atoms with van der Waals surface area (Å²) in [5.74, 6) is 0.612. The number of nitrogens with two attached hydrogens (primary N) is 1. The van der Waals surface area contributed by atoms with Gasteiger partial charge in [-0.3, -0.25) is 4.79 Å². The second kappa shape index (κ2) is 4.06. The van der Waals surface area contributed by atoms with Crippen LogP contribution in [0, 0.1) is 19.8 Å². The van der Waals surface area contributed by atoms with Crippen LogP contribution in [-0.2, 0) is 4.79 Å². The van der Waals surface area contributed by atoms with Crippen LogP contribution in [-0.4, -0.2) is 11.9 Å². The van der Waals surface area contributed by atoms with Crippen molar-refractivity contribution in [3.8, 4) is 0 Å². The third-order valence-electron chi connectivity index (χ3n) is 3.84. The van der Waals surface area contributed by atoms with Crippen molar-refractivity contribution in [1.29, 1.82) is 0 Å². The molecular formula is C14H20N2O. The lowest BCUT2D eigenvalue weighted by Crippen LogP contribution is -2.33. The molecule has 0 saturated carbocycles. The largest absolute Gasteiger partial charge is 0.398 e. The van der Waals surface area contributed by atoms with Crippen LogP contribution in [0.5, 0.6) is 0 Å². The number of carbonyl (C=O) groups is 1. The molecule has 0 aromatic heterocycles. The summed E-state index contributed by atoms with van der Waals surface area (Å²) in [6.07, 6.45) is 0.633. The molecule has 1 fully saturated rings. The molecule has 92 valence electrons. The molecular weight excluding hydrogens is 212 g/mol. The highest BCUT2D eigenvalue weighted by Gasteiger charge is 2.35. The summed E-state index contributed by atoms with van der Waals surface area (Å²) in [5, 5.41) is 0. The zero-order valence-electron chi connectivity index (χ0n) is 10.9. The van der Waals surface area contributed by atoms with Crippen molar-refractivity contribution in [3.05, 3.63) is 23.3 Å². The number of aryl methyl sites for hydroxylation is 2. The van der Waals surface area contributed by atoms with E-state index in [-0.39, 0.29) is 11.9 Å². The van der Waals surface area contributed by atoms with Gasteiger partial charge in [-0.05, 0) is 43.9 Å². The highest BCUT2D eigenvalue weighted by Crippen LogP contribution is 2.34.